The summed E-state index contributed by atoms with van der Waals surface area (Å²) in [6, 6.07) is 26.0. The number of rotatable bonds is 5. The molecule has 0 atom stereocenters. The van der Waals surface area contributed by atoms with Gasteiger partial charge in [-0.05, 0) is 40.1 Å². The number of hydrogen-bond donors (Lipinski definition) is 1. The first kappa shape index (κ1) is 20.7. The Balaban J connectivity index is 1.57. The molecule has 0 aliphatic rings. The number of urea groups is 1. The first-order valence-corrected chi connectivity index (χ1v) is 10.6. The van der Waals surface area contributed by atoms with Crippen molar-refractivity contribution in [2.45, 2.75) is 39.3 Å². The minimum absolute atomic E-state index is 0.0954. The number of furan rings is 1. The molecule has 0 saturated carbocycles. The highest BCUT2D eigenvalue weighted by Gasteiger charge is 2.18. The van der Waals surface area contributed by atoms with Crippen LogP contribution in [0.1, 0.15) is 37.7 Å². The molecule has 4 rings (SSSR count). The van der Waals surface area contributed by atoms with Gasteiger partial charge in [0, 0.05) is 11.9 Å². The number of nitrogens with one attached hydrogen (secondary N) is 1. The number of carbonyl (C=O) groups is 1. The van der Waals surface area contributed by atoms with Crippen LogP contribution in [0.3, 0.4) is 0 Å². The Morgan fingerprint density at radius 2 is 1.61 bits per heavy atom. The van der Waals surface area contributed by atoms with Crippen molar-refractivity contribution in [3.63, 3.8) is 0 Å². The maximum Gasteiger partial charge on any atom is 0.322 e. The molecule has 4 nitrogen and oxygen atoms in total. The van der Waals surface area contributed by atoms with Gasteiger partial charge in [0.15, 0.2) is 0 Å². The number of anilines is 1. The molecule has 1 N–H and O–H groups in total. The zero-order valence-electron chi connectivity index (χ0n) is 18.3. The average molecular weight is 413 g/mol. The zero-order valence-corrected chi connectivity index (χ0v) is 18.3. The molecule has 1 heterocycles. The first-order chi connectivity index (χ1) is 14.9. The Morgan fingerprint density at radius 3 is 2.32 bits per heavy atom. The molecule has 0 unspecified atom stereocenters. The number of benzene rings is 3. The molecule has 0 fully saturated rings. The van der Waals surface area contributed by atoms with Crippen LogP contribution in [0, 0.1) is 0 Å². The van der Waals surface area contributed by atoms with Gasteiger partial charge in [-0.25, -0.2) is 4.79 Å². The van der Waals surface area contributed by atoms with Crippen LogP contribution in [0.25, 0.3) is 10.8 Å². The predicted molar refractivity (Wildman–Crippen MR) is 126 cm³/mol. The minimum atomic E-state index is -0.160. The van der Waals surface area contributed by atoms with Crippen molar-refractivity contribution in [1.29, 1.82) is 0 Å². The molecule has 0 radical (unpaired) electrons. The van der Waals surface area contributed by atoms with Gasteiger partial charge in [-0.3, -0.25) is 0 Å². The van der Waals surface area contributed by atoms with E-state index in [1.807, 2.05) is 54.6 Å². The lowest BCUT2D eigenvalue weighted by Crippen LogP contribution is -2.34. The summed E-state index contributed by atoms with van der Waals surface area (Å²) >= 11 is 0. The maximum absolute atomic E-state index is 13.3. The second-order valence-corrected chi connectivity index (χ2v) is 8.84. The highest BCUT2D eigenvalue weighted by molar-refractivity contribution is 6.01. The normalized spacial score (nSPS) is 11.5. The van der Waals surface area contributed by atoms with Gasteiger partial charge < -0.3 is 14.6 Å². The Bertz CT molecular complexity index is 1150. The summed E-state index contributed by atoms with van der Waals surface area (Å²) in [7, 11) is 0. The van der Waals surface area contributed by atoms with Crippen molar-refractivity contribution in [3.05, 3.63) is 102 Å². The lowest BCUT2D eigenvalue weighted by atomic mass is 9.87. The van der Waals surface area contributed by atoms with E-state index in [0.717, 1.165) is 27.8 Å². The van der Waals surface area contributed by atoms with Gasteiger partial charge in [0.2, 0.25) is 0 Å². The van der Waals surface area contributed by atoms with Crippen LogP contribution in [0.4, 0.5) is 10.5 Å². The third-order valence-electron chi connectivity index (χ3n) is 5.44. The topological polar surface area (TPSA) is 45.5 Å². The lowest BCUT2D eigenvalue weighted by Gasteiger charge is -2.24. The van der Waals surface area contributed by atoms with Crippen molar-refractivity contribution < 1.29 is 9.21 Å². The molecule has 0 bridgehead atoms. The molecule has 0 aliphatic carbocycles. The lowest BCUT2D eigenvalue weighted by molar-refractivity contribution is 0.201. The fourth-order valence-corrected chi connectivity index (χ4v) is 3.65. The van der Waals surface area contributed by atoms with Crippen molar-refractivity contribution in [1.82, 2.24) is 4.90 Å². The fourth-order valence-electron chi connectivity index (χ4n) is 3.65. The number of carbonyl (C=O) groups excluding carboxylic acids is 1. The summed E-state index contributed by atoms with van der Waals surface area (Å²) < 4.78 is 5.51. The molecule has 2 amide bonds. The zero-order chi connectivity index (χ0) is 21.8. The van der Waals surface area contributed by atoms with Gasteiger partial charge in [0.25, 0.3) is 0 Å². The molecule has 0 spiro atoms. The SMILES string of the molecule is CC(C)(C)c1ccc(CN(Cc2ccco2)C(=O)Nc2cccc3ccccc23)cc1. The number of nitrogens with zero attached hydrogens (tertiary/aromatic N) is 1. The van der Waals surface area contributed by atoms with Gasteiger partial charge in [0.1, 0.15) is 5.76 Å². The van der Waals surface area contributed by atoms with E-state index < -0.39 is 0 Å². The second kappa shape index (κ2) is 8.68. The van der Waals surface area contributed by atoms with E-state index >= 15 is 0 Å². The van der Waals surface area contributed by atoms with Gasteiger partial charge in [0.05, 0.1) is 18.5 Å². The molecule has 31 heavy (non-hydrogen) atoms. The van der Waals surface area contributed by atoms with Crippen molar-refractivity contribution >= 4 is 22.5 Å². The van der Waals surface area contributed by atoms with E-state index in [1.165, 1.54) is 5.56 Å². The van der Waals surface area contributed by atoms with Gasteiger partial charge in [-0.2, -0.15) is 0 Å². The molecule has 3 aromatic carbocycles. The highest BCUT2D eigenvalue weighted by atomic mass is 16.3. The van der Waals surface area contributed by atoms with E-state index in [0.29, 0.717) is 13.1 Å². The van der Waals surface area contributed by atoms with Gasteiger partial charge in [-0.15, -0.1) is 0 Å². The molecule has 0 aliphatic heterocycles. The number of hydrogen-bond acceptors (Lipinski definition) is 2. The summed E-state index contributed by atoms with van der Waals surface area (Å²) in [6.45, 7) is 7.47. The Morgan fingerprint density at radius 1 is 0.871 bits per heavy atom. The van der Waals surface area contributed by atoms with E-state index in [4.69, 9.17) is 4.42 Å². The number of fused-ring (bicyclic) bond motifs is 1. The van der Waals surface area contributed by atoms with Crippen molar-refractivity contribution in [2.75, 3.05) is 5.32 Å². The van der Waals surface area contributed by atoms with Crippen LogP contribution in [0.5, 0.6) is 0 Å². The van der Waals surface area contributed by atoms with Gasteiger partial charge >= 0.3 is 6.03 Å². The van der Waals surface area contributed by atoms with Crippen LogP contribution in [0.15, 0.2) is 89.5 Å². The molecule has 4 heteroatoms. The summed E-state index contributed by atoms with van der Waals surface area (Å²) in [5.74, 6) is 0.749. The standard InChI is InChI=1S/C27H28N2O2/c1-27(2,3)22-15-13-20(14-16-22)18-29(19-23-10-7-17-31-23)26(30)28-25-12-6-9-21-8-4-5-11-24(21)25/h4-17H,18-19H2,1-3H3,(H,28,30). The van der Waals surface area contributed by atoms with Crippen LogP contribution in [-0.2, 0) is 18.5 Å². The molecule has 1 aromatic heterocycles. The van der Waals surface area contributed by atoms with Crippen LogP contribution >= 0.6 is 0 Å². The van der Waals surface area contributed by atoms with E-state index in [2.05, 4.69) is 50.4 Å². The first-order valence-electron chi connectivity index (χ1n) is 10.6. The third kappa shape index (κ3) is 4.97. The molecule has 4 aromatic rings. The van der Waals surface area contributed by atoms with Crippen LogP contribution in [-0.4, -0.2) is 10.9 Å². The second-order valence-electron chi connectivity index (χ2n) is 8.84. The van der Waals surface area contributed by atoms with Crippen molar-refractivity contribution in [2.24, 2.45) is 0 Å². The van der Waals surface area contributed by atoms with Gasteiger partial charge in [-0.1, -0.05) is 81.4 Å². The van der Waals surface area contributed by atoms with E-state index in [1.54, 1.807) is 11.2 Å². The van der Waals surface area contributed by atoms with Crippen LogP contribution in [0.2, 0.25) is 0 Å². The summed E-state index contributed by atoms with van der Waals surface area (Å²) in [5.41, 5.74) is 3.25. The Labute approximate surface area is 183 Å². The molecular weight excluding hydrogens is 384 g/mol. The number of amides is 2. The quantitative estimate of drug-likeness (QED) is 0.385. The van der Waals surface area contributed by atoms with E-state index in [9.17, 15) is 4.79 Å². The molecule has 0 saturated heterocycles. The van der Waals surface area contributed by atoms with E-state index in [-0.39, 0.29) is 11.4 Å². The molecule has 158 valence electrons. The summed E-state index contributed by atoms with van der Waals surface area (Å²) in [6.07, 6.45) is 1.63. The van der Waals surface area contributed by atoms with Crippen molar-refractivity contribution in [3.8, 4) is 0 Å². The monoisotopic (exact) mass is 412 g/mol. The Hall–Kier alpha value is -3.53. The van der Waals surface area contributed by atoms with Crippen LogP contribution < -0.4 is 5.32 Å². The smallest absolute Gasteiger partial charge is 0.322 e. The highest BCUT2D eigenvalue weighted by Crippen LogP contribution is 2.25. The predicted octanol–water partition coefficient (Wildman–Crippen LogP) is 6.96. The third-order valence-corrected chi connectivity index (χ3v) is 5.44. The minimum Gasteiger partial charge on any atom is -0.467 e. The average Bonchev–Trinajstić information content (AvgIpc) is 3.26. The Kier molecular flexibility index (Phi) is 5.81. The summed E-state index contributed by atoms with van der Waals surface area (Å²) in [5, 5.41) is 5.21. The largest absolute Gasteiger partial charge is 0.467 e. The summed E-state index contributed by atoms with van der Waals surface area (Å²) in [4.78, 5) is 15.1. The fraction of sp³-hybridized carbons (Fsp3) is 0.222. The maximum atomic E-state index is 13.3. The molecular formula is C27H28N2O2.